The minimum atomic E-state index is -0.231. The fourth-order valence-corrected chi connectivity index (χ4v) is 4.29. The van der Waals surface area contributed by atoms with Crippen LogP contribution >= 0.6 is 0 Å². The summed E-state index contributed by atoms with van der Waals surface area (Å²) in [6.07, 6.45) is 9.84. The lowest BCUT2D eigenvalue weighted by atomic mass is 10.0. The van der Waals surface area contributed by atoms with Crippen molar-refractivity contribution in [2.45, 2.75) is 47.2 Å². The summed E-state index contributed by atoms with van der Waals surface area (Å²) in [5.74, 6) is 1.90. The number of pyridine rings is 1. The summed E-state index contributed by atoms with van der Waals surface area (Å²) in [6.45, 7) is 10.1. The van der Waals surface area contributed by atoms with E-state index >= 15 is 0 Å². The van der Waals surface area contributed by atoms with E-state index < -0.39 is 0 Å². The Morgan fingerprint density at radius 3 is 2.62 bits per heavy atom. The summed E-state index contributed by atoms with van der Waals surface area (Å²) in [6, 6.07) is 3.31. The van der Waals surface area contributed by atoms with E-state index in [0.29, 0.717) is 29.9 Å². The van der Waals surface area contributed by atoms with Crippen molar-refractivity contribution in [3.8, 4) is 5.75 Å². The zero-order valence-corrected chi connectivity index (χ0v) is 23.8. The number of nitrogens with zero attached hydrogens (tertiary/aromatic N) is 8. The topological polar surface area (TPSA) is 105 Å². The predicted molar refractivity (Wildman–Crippen MR) is 152 cm³/mol. The van der Waals surface area contributed by atoms with Crippen LogP contribution < -0.4 is 15.0 Å². The molecule has 0 fully saturated rings. The van der Waals surface area contributed by atoms with E-state index in [2.05, 4.69) is 39.1 Å². The minimum absolute atomic E-state index is 0.231. The first-order valence-corrected chi connectivity index (χ1v) is 13.0. The van der Waals surface area contributed by atoms with Gasteiger partial charge in [-0.3, -0.25) is 9.58 Å². The first kappa shape index (κ1) is 27.8. The summed E-state index contributed by atoms with van der Waals surface area (Å²) < 4.78 is 7.15. The number of anilines is 4. The minimum Gasteiger partial charge on any atom is -0.495 e. The van der Waals surface area contributed by atoms with E-state index in [-0.39, 0.29) is 6.03 Å². The van der Waals surface area contributed by atoms with Crippen molar-refractivity contribution in [3.63, 3.8) is 0 Å². The molecule has 1 N–H and O–H groups in total. The predicted octanol–water partition coefficient (Wildman–Crippen LogP) is 5.11. The lowest BCUT2D eigenvalue weighted by Crippen LogP contribution is -2.45. The summed E-state index contributed by atoms with van der Waals surface area (Å²) in [5.41, 5.74) is 4.63. The van der Waals surface area contributed by atoms with E-state index in [0.717, 1.165) is 47.6 Å². The molecule has 11 nitrogen and oxygen atoms in total. The Morgan fingerprint density at radius 2 is 1.97 bits per heavy atom. The smallest absolute Gasteiger partial charge is 0.336 e. The van der Waals surface area contributed by atoms with Crippen LogP contribution in [0.1, 0.15) is 39.7 Å². The SMILES string of the molecule is C/C=C(C)\C(=C(\C)CC)N1Cc2cnc(Nc3cnn(CCN(C)C)c3)nc2N(c2ccc(OC)cn2)C1=O. The Hall–Kier alpha value is -4.25. The standard InChI is InChI=1S/C28H37N9O2/c1-8-19(3)25(20(4)9-2)36-17-21-14-30-27(32-22-15-31-35(18-22)13-12-34(5)6)33-26(21)37(28(36)38)24-11-10-23(39-7)16-29-24/h8,10-11,14-16,18H,9,12-13,17H2,1-7H3,(H,30,32,33)/b19-8-,25-20+. The number of hydrogen-bond acceptors (Lipinski definition) is 8. The van der Waals surface area contributed by atoms with Crippen LogP contribution in [0.2, 0.25) is 0 Å². The molecule has 0 unspecified atom stereocenters. The molecule has 0 atom stereocenters. The molecule has 0 aliphatic carbocycles. The Balaban J connectivity index is 1.74. The van der Waals surface area contributed by atoms with Gasteiger partial charge in [-0.15, -0.1) is 0 Å². The van der Waals surface area contributed by atoms with Gasteiger partial charge in [-0.1, -0.05) is 13.0 Å². The zero-order chi connectivity index (χ0) is 28.1. The number of carbonyl (C=O) groups is 1. The second-order valence-corrected chi connectivity index (χ2v) is 9.68. The van der Waals surface area contributed by atoms with Gasteiger partial charge < -0.3 is 15.0 Å². The fraction of sp³-hybridized carbons (Fsp3) is 0.393. The number of carbonyl (C=O) groups excluding carboxylic acids is 1. The van der Waals surface area contributed by atoms with Crippen LogP contribution in [-0.2, 0) is 13.1 Å². The van der Waals surface area contributed by atoms with Crippen molar-refractivity contribution in [2.75, 3.05) is 38.0 Å². The van der Waals surface area contributed by atoms with E-state index in [4.69, 9.17) is 9.72 Å². The molecule has 206 valence electrons. The third-order valence-electron chi connectivity index (χ3n) is 6.67. The molecule has 1 aliphatic heterocycles. The Labute approximate surface area is 229 Å². The highest BCUT2D eigenvalue weighted by molar-refractivity contribution is 6.01. The van der Waals surface area contributed by atoms with Crippen LogP contribution in [0.3, 0.4) is 0 Å². The highest BCUT2D eigenvalue weighted by Crippen LogP contribution is 2.37. The van der Waals surface area contributed by atoms with Gasteiger partial charge in [0.15, 0.2) is 5.82 Å². The van der Waals surface area contributed by atoms with E-state index in [9.17, 15) is 4.79 Å². The largest absolute Gasteiger partial charge is 0.495 e. The van der Waals surface area contributed by atoms with Crippen molar-refractivity contribution < 1.29 is 9.53 Å². The quantitative estimate of drug-likeness (QED) is 0.360. The van der Waals surface area contributed by atoms with Crippen molar-refractivity contribution in [1.29, 1.82) is 0 Å². The van der Waals surface area contributed by atoms with Crippen LogP contribution in [0.25, 0.3) is 0 Å². The number of rotatable bonds is 10. The number of fused-ring (bicyclic) bond motifs is 1. The fourth-order valence-electron chi connectivity index (χ4n) is 4.29. The Morgan fingerprint density at radius 1 is 1.18 bits per heavy atom. The molecule has 3 aromatic heterocycles. The maximum absolute atomic E-state index is 14.1. The monoisotopic (exact) mass is 531 g/mol. The molecule has 0 bridgehead atoms. The van der Waals surface area contributed by atoms with Gasteiger partial charge >= 0.3 is 6.03 Å². The van der Waals surface area contributed by atoms with Gasteiger partial charge in [0, 0.05) is 30.2 Å². The maximum atomic E-state index is 14.1. The molecule has 0 radical (unpaired) electrons. The summed E-state index contributed by atoms with van der Waals surface area (Å²) in [7, 11) is 5.63. The maximum Gasteiger partial charge on any atom is 0.336 e. The van der Waals surface area contributed by atoms with E-state index in [1.807, 2.05) is 44.9 Å². The Bertz CT molecular complexity index is 1380. The molecule has 3 aromatic rings. The second-order valence-electron chi connectivity index (χ2n) is 9.68. The summed E-state index contributed by atoms with van der Waals surface area (Å²) in [5, 5.41) is 7.64. The van der Waals surface area contributed by atoms with Crippen molar-refractivity contribution in [3.05, 3.63) is 65.4 Å². The van der Waals surface area contributed by atoms with Crippen LogP contribution in [0.15, 0.2) is 59.8 Å². The van der Waals surface area contributed by atoms with Crippen LogP contribution in [0.5, 0.6) is 5.75 Å². The second kappa shape index (κ2) is 12.1. The number of hydrogen-bond donors (Lipinski definition) is 1. The third kappa shape index (κ3) is 6.09. The van der Waals surface area contributed by atoms with Gasteiger partial charge in [0.2, 0.25) is 5.95 Å². The van der Waals surface area contributed by atoms with Gasteiger partial charge in [0.25, 0.3) is 0 Å². The molecule has 39 heavy (non-hydrogen) atoms. The normalized spacial score (nSPS) is 14.5. The zero-order valence-electron chi connectivity index (χ0n) is 23.8. The van der Waals surface area contributed by atoms with Gasteiger partial charge in [0.05, 0.1) is 38.3 Å². The summed E-state index contributed by atoms with van der Waals surface area (Å²) >= 11 is 0. The van der Waals surface area contributed by atoms with Crippen LogP contribution in [-0.4, -0.2) is 68.3 Å². The average molecular weight is 532 g/mol. The first-order valence-electron chi connectivity index (χ1n) is 13.0. The number of allylic oxidation sites excluding steroid dienone is 3. The molecule has 0 spiro atoms. The number of ether oxygens (including phenoxy) is 1. The van der Waals surface area contributed by atoms with Crippen LogP contribution in [0, 0.1) is 0 Å². The van der Waals surface area contributed by atoms with Gasteiger partial charge in [0.1, 0.15) is 11.6 Å². The molecule has 0 saturated heterocycles. The lowest BCUT2D eigenvalue weighted by Gasteiger charge is -2.37. The molecule has 4 rings (SSSR count). The number of amides is 2. The molecular weight excluding hydrogens is 494 g/mol. The number of likely N-dealkylation sites (N-methyl/N-ethyl adjacent to an activating group) is 1. The molecular formula is C28H37N9O2. The van der Waals surface area contributed by atoms with Crippen molar-refractivity contribution in [1.82, 2.24) is 34.5 Å². The van der Waals surface area contributed by atoms with E-state index in [1.54, 1.807) is 42.7 Å². The number of nitrogens with one attached hydrogen (secondary N) is 1. The molecule has 11 heteroatoms. The molecule has 0 saturated carbocycles. The van der Waals surface area contributed by atoms with Gasteiger partial charge in [-0.05, 0) is 64.6 Å². The lowest BCUT2D eigenvalue weighted by molar-refractivity contribution is 0.215. The molecule has 2 amide bonds. The molecule has 0 aromatic carbocycles. The number of aromatic nitrogens is 5. The van der Waals surface area contributed by atoms with Gasteiger partial charge in [-0.2, -0.15) is 10.1 Å². The number of methoxy groups -OCH3 is 1. The van der Waals surface area contributed by atoms with E-state index in [1.165, 1.54) is 4.90 Å². The average Bonchev–Trinajstić information content (AvgIpc) is 3.39. The first-order chi connectivity index (χ1) is 18.7. The summed E-state index contributed by atoms with van der Waals surface area (Å²) in [4.78, 5) is 33.4. The van der Waals surface area contributed by atoms with Gasteiger partial charge in [-0.25, -0.2) is 19.7 Å². The Kier molecular flexibility index (Phi) is 8.60. The highest BCUT2D eigenvalue weighted by atomic mass is 16.5. The highest BCUT2D eigenvalue weighted by Gasteiger charge is 2.36. The van der Waals surface area contributed by atoms with Crippen molar-refractivity contribution >= 4 is 29.3 Å². The van der Waals surface area contributed by atoms with Crippen molar-refractivity contribution in [2.24, 2.45) is 0 Å². The van der Waals surface area contributed by atoms with Crippen LogP contribution in [0.4, 0.5) is 28.1 Å². The third-order valence-corrected chi connectivity index (χ3v) is 6.67. The molecule has 4 heterocycles. The number of urea groups is 1. The molecule has 1 aliphatic rings.